The highest BCUT2D eigenvalue weighted by Gasteiger charge is 2.21. The average molecular weight is 230 g/mol. The Balaban J connectivity index is 1.90. The number of aliphatic hydroxyl groups is 1. The van der Waals surface area contributed by atoms with Crippen LogP contribution >= 0.6 is 0 Å². The van der Waals surface area contributed by atoms with Crippen molar-refractivity contribution < 1.29 is 5.11 Å². The summed E-state index contributed by atoms with van der Waals surface area (Å²) < 4.78 is 0. The van der Waals surface area contributed by atoms with Crippen LogP contribution < -0.4 is 5.32 Å². The first-order valence-corrected chi connectivity index (χ1v) is 6.20. The second-order valence-corrected chi connectivity index (χ2v) is 4.65. The number of nitriles is 1. The number of hydrogen-bond acceptors (Lipinski definition) is 3. The Labute approximate surface area is 102 Å². The molecule has 1 aromatic carbocycles. The summed E-state index contributed by atoms with van der Waals surface area (Å²) in [5.74, 6) is 0. The van der Waals surface area contributed by atoms with Gasteiger partial charge in [0.25, 0.3) is 0 Å². The smallest absolute Gasteiger partial charge is 0.0991 e. The number of nitrogens with one attached hydrogen (secondary N) is 1. The molecule has 0 bridgehead atoms. The van der Waals surface area contributed by atoms with E-state index in [-0.39, 0.29) is 12.1 Å². The highest BCUT2D eigenvalue weighted by Crippen LogP contribution is 2.18. The predicted octanol–water partition coefficient (Wildman–Crippen LogP) is 1.95. The van der Waals surface area contributed by atoms with Crippen LogP contribution in [0, 0.1) is 11.3 Å². The van der Waals surface area contributed by atoms with Gasteiger partial charge in [-0.2, -0.15) is 5.26 Å². The molecule has 0 aliphatic heterocycles. The van der Waals surface area contributed by atoms with E-state index in [1.807, 2.05) is 18.2 Å². The topological polar surface area (TPSA) is 56.0 Å². The van der Waals surface area contributed by atoms with E-state index in [4.69, 9.17) is 5.26 Å². The van der Waals surface area contributed by atoms with Crippen LogP contribution in [0.4, 0.5) is 0 Å². The Morgan fingerprint density at radius 1 is 1.35 bits per heavy atom. The minimum Gasteiger partial charge on any atom is -0.392 e. The maximum Gasteiger partial charge on any atom is 0.0991 e. The van der Waals surface area contributed by atoms with Crippen molar-refractivity contribution in [1.29, 1.82) is 5.26 Å². The maximum absolute atomic E-state index is 9.83. The molecule has 1 aliphatic rings. The van der Waals surface area contributed by atoms with Gasteiger partial charge in [-0.3, -0.25) is 0 Å². The summed E-state index contributed by atoms with van der Waals surface area (Å²) >= 11 is 0. The van der Waals surface area contributed by atoms with Crippen LogP contribution in [0.15, 0.2) is 24.3 Å². The Kier molecular flexibility index (Phi) is 4.13. The monoisotopic (exact) mass is 230 g/mol. The van der Waals surface area contributed by atoms with Gasteiger partial charge < -0.3 is 10.4 Å². The number of hydrogen-bond donors (Lipinski definition) is 2. The van der Waals surface area contributed by atoms with Crippen LogP contribution in [0.2, 0.25) is 0 Å². The molecule has 0 unspecified atom stereocenters. The van der Waals surface area contributed by atoms with Gasteiger partial charge in [0.2, 0.25) is 0 Å². The van der Waals surface area contributed by atoms with Gasteiger partial charge in [0, 0.05) is 12.6 Å². The molecule has 90 valence electrons. The van der Waals surface area contributed by atoms with E-state index < -0.39 is 0 Å². The first-order valence-electron chi connectivity index (χ1n) is 6.20. The number of aliphatic hydroxyl groups excluding tert-OH is 1. The molecule has 1 aliphatic carbocycles. The summed E-state index contributed by atoms with van der Waals surface area (Å²) in [6.07, 6.45) is 4.04. The fraction of sp³-hybridized carbons (Fsp3) is 0.500. The number of rotatable bonds is 3. The standard InChI is InChI=1S/C14H18N2O/c15-9-11-4-3-5-12(8-11)10-16-13-6-1-2-7-14(13)17/h3-5,8,13-14,16-17H,1-2,6-7,10H2/t13-,14-/m0/s1. The Morgan fingerprint density at radius 2 is 2.18 bits per heavy atom. The molecule has 2 atom stereocenters. The highest BCUT2D eigenvalue weighted by atomic mass is 16.3. The maximum atomic E-state index is 9.83. The third kappa shape index (κ3) is 3.29. The summed E-state index contributed by atoms with van der Waals surface area (Å²) in [5.41, 5.74) is 1.79. The summed E-state index contributed by atoms with van der Waals surface area (Å²) in [6.45, 7) is 0.719. The second kappa shape index (κ2) is 5.81. The Hall–Kier alpha value is -1.37. The molecule has 2 rings (SSSR count). The van der Waals surface area contributed by atoms with Crippen LogP contribution in [0.25, 0.3) is 0 Å². The molecule has 0 spiro atoms. The van der Waals surface area contributed by atoms with Crippen molar-refractivity contribution in [1.82, 2.24) is 5.32 Å². The first kappa shape index (κ1) is 12.1. The molecule has 0 aromatic heterocycles. The van der Waals surface area contributed by atoms with Crippen molar-refractivity contribution in [3.63, 3.8) is 0 Å². The van der Waals surface area contributed by atoms with Crippen LogP contribution in [0.3, 0.4) is 0 Å². The lowest BCUT2D eigenvalue weighted by atomic mass is 9.92. The molecular weight excluding hydrogens is 212 g/mol. The molecule has 0 saturated heterocycles. The molecule has 17 heavy (non-hydrogen) atoms. The Morgan fingerprint density at radius 3 is 2.94 bits per heavy atom. The van der Waals surface area contributed by atoms with Gasteiger partial charge in [-0.05, 0) is 30.5 Å². The fourth-order valence-corrected chi connectivity index (χ4v) is 2.35. The number of benzene rings is 1. The quantitative estimate of drug-likeness (QED) is 0.834. The van der Waals surface area contributed by atoms with Crippen molar-refractivity contribution in [2.45, 2.75) is 44.4 Å². The third-order valence-corrected chi connectivity index (χ3v) is 3.35. The molecule has 1 saturated carbocycles. The van der Waals surface area contributed by atoms with E-state index in [1.165, 1.54) is 6.42 Å². The zero-order chi connectivity index (χ0) is 12.1. The third-order valence-electron chi connectivity index (χ3n) is 3.35. The molecular formula is C14H18N2O. The van der Waals surface area contributed by atoms with Gasteiger partial charge in [-0.15, -0.1) is 0 Å². The van der Waals surface area contributed by atoms with Gasteiger partial charge in [0.1, 0.15) is 0 Å². The summed E-state index contributed by atoms with van der Waals surface area (Å²) in [4.78, 5) is 0. The van der Waals surface area contributed by atoms with Crippen molar-refractivity contribution in [3.05, 3.63) is 35.4 Å². The van der Waals surface area contributed by atoms with Crippen LogP contribution in [-0.4, -0.2) is 17.3 Å². The molecule has 2 N–H and O–H groups in total. The second-order valence-electron chi connectivity index (χ2n) is 4.65. The lowest BCUT2D eigenvalue weighted by molar-refractivity contribution is 0.0902. The molecule has 3 nitrogen and oxygen atoms in total. The summed E-state index contributed by atoms with van der Waals surface area (Å²) in [7, 11) is 0. The zero-order valence-corrected chi connectivity index (χ0v) is 9.89. The van der Waals surface area contributed by atoms with Gasteiger partial charge >= 0.3 is 0 Å². The molecule has 1 aromatic rings. The predicted molar refractivity (Wildman–Crippen MR) is 66.3 cm³/mol. The highest BCUT2D eigenvalue weighted by molar-refractivity contribution is 5.32. The van der Waals surface area contributed by atoms with Gasteiger partial charge in [-0.1, -0.05) is 25.0 Å². The van der Waals surface area contributed by atoms with E-state index in [1.54, 1.807) is 6.07 Å². The molecule has 0 heterocycles. The molecule has 3 heteroatoms. The molecule has 0 amide bonds. The normalized spacial score (nSPS) is 24.2. The summed E-state index contributed by atoms with van der Waals surface area (Å²) in [6, 6.07) is 9.93. The lowest BCUT2D eigenvalue weighted by Gasteiger charge is -2.28. The zero-order valence-electron chi connectivity index (χ0n) is 9.89. The van der Waals surface area contributed by atoms with Crippen molar-refractivity contribution >= 4 is 0 Å². The van der Waals surface area contributed by atoms with Crippen LogP contribution in [0.5, 0.6) is 0 Å². The van der Waals surface area contributed by atoms with Crippen LogP contribution in [0.1, 0.15) is 36.8 Å². The first-order chi connectivity index (χ1) is 8.29. The Bertz CT molecular complexity index is 411. The minimum atomic E-state index is -0.220. The average Bonchev–Trinajstić information content (AvgIpc) is 2.38. The minimum absolute atomic E-state index is 0.203. The number of nitrogens with zero attached hydrogens (tertiary/aromatic N) is 1. The molecule has 0 radical (unpaired) electrons. The lowest BCUT2D eigenvalue weighted by Crippen LogP contribution is -2.41. The van der Waals surface area contributed by atoms with Gasteiger partial charge in [0.05, 0.1) is 17.7 Å². The van der Waals surface area contributed by atoms with E-state index in [2.05, 4.69) is 11.4 Å². The van der Waals surface area contributed by atoms with E-state index in [9.17, 15) is 5.11 Å². The fourth-order valence-electron chi connectivity index (χ4n) is 2.35. The summed E-state index contributed by atoms with van der Waals surface area (Å²) in [5, 5.41) is 22.0. The van der Waals surface area contributed by atoms with E-state index in [0.29, 0.717) is 5.56 Å². The largest absolute Gasteiger partial charge is 0.392 e. The van der Waals surface area contributed by atoms with E-state index >= 15 is 0 Å². The molecule has 1 fully saturated rings. The SMILES string of the molecule is N#Cc1cccc(CN[C@H]2CCCC[C@@H]2O)c1. The van der Waals surface area contributed by atoms with E-state index in [0.717, 1.165) is 31.4 Å². The van der Waals surface area contributed by atoms with Crippen molar-refractivity contribution in [2.75, 3.05) is 0 Å². The van der Waals surface area contributed by atoms with Crippen molar-refractivity contribution in [3.8, 4) is 6.07 Å². The van der Waals surface area contributed by atoms with Gasteiger partial charge in [0.15, 0.2) is 0 Å². The van der Waals surface area contributed by atoms with Gasteiger partial charge in [-0.25, -0.2) is 0 Å². The van der Waals surface area contributed by atoms with Crippen LogP contribution in [-0.2, 0) is 6.54 Å². The van der Waals surface area contributed by atoms with Crippen molar-refractivity contribution in [2.24, 2.45) is 0 Å².